The van der Waals surface area contributed by atoms with Gasteiger partial charge in [0.05, 0.1) is 19.5 Å². The Morgan fingerprint density at radius 3 is 2.37 bits per heavy atom. The number of aliphatic carboxylic acids is 1. The second-order valence-corrected chi connectivity index (χ2v) is 6.31. The van der Waals surface area contributed by atoms with Gasteiger partial charge in [0.25, 0.3) is 0 Å². The molecular formula is C16H25N7O7. The molecule has 0 aromatic carbocycles. The summed E-state index contributed by atoms with van der Waals surface area (Å²) >= 11 is 0. The van der Waals surface area contributed by atoms with Crippen molar-refractivity contribution in [3.63, 3.8) is 0 Å². The van der Waals surface area contributed by atoms with Gasteiger partial charge in [-0.05, 0) is 6.42 Å². The number of imidazole rings is 1. The molecule has 4 amide bonds. The number of primary amides is 1. The third-order valence-corrected chi connectivity index (χ3v) is 3.88. The van der Waals surface area contributed by atoms with Crippen molar-refractivity contribution in [2.75, 3.05) is 13.2 Å². The van der Waals surface area contributed by atoms with Crippen LogP contribution in [0.4, 0.5) is 0 Å². The average molecular weight is 427 g/mol. The summed E-state index contributed by atoms with van der Waals surface area (Å²) in [6, 6.07) is -3.81. The van der Waals surface area contributed by atoms with Gasteiger partial charge in [-0.1, -0.05) is 0 Å². The minimum absolute atomic E-state index is 0.0518. The highest BCUT2D eigenvalue weighted by Crippen LogP contribution is 2.03. The van der Waals surface area contributed by atoms with Crippen LogP contribution < -0.4 is 27.4 Å². The number of amides is 4. The highest BCUT2D eigenvalue weighted by Gasteiger charge is 2.27. The fraction of sp³-hybridized carbons (Fsp3) is 0.500. The minimum Gasteiger partial charge on any atom is -0.480 e. The first-order valence-corrected chi connectivity index (χ1v) is 8.86. The molecule has 0 spiro atoms. The molecule has 14 nitrogen and oxygen atoms in total. The lowest BCUT2D eigenvalue weighted by atomic mass is 10.1. The largest absolute Gasteiger partial charge is 0.480 e. The molecule has 0 aliphatic rings. The Morgan fingerprint density at radius 2 is 1.83 bits per heavy atom. The Morgan fingerprint density at radius 1 is 1.13 bits per heavy atom. The van der Waals surface area contributed by atoms with E-state index >= 15 is 0 Å². The highest BCUT2D eigenvalue weighted by molar-refractivity contribution is 5.92. The first-order valence-electron chi connectivity index (χ1n) is 8.86. The molecule has 10 N–H and O–H groups in total. The van der Waals surface area contributed by atoms with Gasteiger partial charge in [0.2, 0.25) is 23.6 Å². The maximum absolute atomic E-state index is 12.6. The van der Waals surface area contributed by atoms with Crippen molar-refractivity contribution >= 4 is 29.6 Å². The molecule has 14 heteroatoms. The molecule has 0 saturated carbocycles. The molecule has 1 heterocycles. The lowest BCUT2D eigenvalue weighted by Gasteiger charge is -2.21. The molecule has 3 unspecified atom stereocenters. The monoisotopic (exact) mass is 427 g/mol. The van der Waals surface area contributed by atoms with Gasteiger partial charge in [-0.2, -0.15) is 0 Å². The van der Waals surface area contributed by atoms with Gasteiger partial charge >= 0.3 is 5.97 Å². The van der Waals surface area contributed by atoms with E-state index in [1.165, 1.54) is 12.5 Å². The zero-order valence-electron chi connectivity index (χ0n) is 16.0. The third-order valence-electron chi connectivity index (χ3n) is 3.88. The van der Waals surface area contributed by atoms with E-state index in [0.717, 1.165) is 0 Å². The molecule has 1 aromatic heterocycles. The minimum atomic E-state index is -1.39. The van der Waals surface area contributed by atoms with Gasteiger partial charge in [-0.3, -0.25) is 19.2 Å². The van der Waals surface area contributed by atoms with Crippen LogP contribution in [0.2, 0.25) is 0 Å². The number of carboxylic acid groups (broad SMARTS) is 1. The molecule has 0 aliphatic carbocycles. The van der Waals surface area contributed by atoms with E-state index in [4.69, 9.17) is 16.6 Å². The van der Waals surface area contributed by atoms with Crippen LogP contribution in [0.15, 0.2) is 12.5 Å². The van der Waals surface area contributed by atoms with Crippen molar-refractivity contribution in [3.8, 4) is 0 Å². The second kappa shape index (κ2) is 12.1. The molecule has 1 rings (SSSR count). The summed E-state index contributed by atoms with van der Waals surface area (Å²) in [4.78, 5) is 65.0. The normalized spacial score (nSPS) is 13.5. The molecule has 166 valence electrons. The van der Waals surface area contributed by atoms with E-state index in [9.17, 15) is 29.1 Å². The second-order valence-electron chi connectivity index (χ2n) is 6.31. The van der Waals surface area contributed by atoms with Crippen LogP contribution in [0.3, 0.4) is 0 Å². The van der Waals surface area contributed by atoms with Crippen molar-refractivity contribution in [1.29, 1.82) is 0 Å². The maximum Gasteiger partial charge on any atom is 0.326 e. The lowest BCUT2D eigenvalue weighted by molar-refractivity contribution is -0.142. The number of carboxylic acids is 1. The molecule has 0 bridgehead atoms. The topological polar surface area (TPSA) is 243 Å². The van der Waals surface area contributed by atoms with Crippen LogP contribution in [0, 0.1) is 0 Å². The average Bonchev–Trinajstić information content (AvgIpc) is 3.20. The number of nitrogens with one attached hydrogen (secondary N) is 4. The molecule has 3 atom stereocenters. The number of aromatic nitrogens is 2. The van der Waals surface area contributed by atoms with Crippen molar-refractivity contribution in [3.05, 3.63) is 18.2 Å². The number of carbonyl (C=O) groups excluding carboxylic acids is 4. The zero-order chi connectivity index (χ0) is 22.7. The molecule has 30 heavy (non-hydrogen) atoms. The maximum atomic E-state index is 12.6. The Balaban J connectivity index is 2.79. The third kappa shape index (κ3) is 8.66. The number of rotatable bonds is 13. The number of nitrogens with two attached hydrogens (primary N) is 2. The number of aliphatic hydroxyl groups excluding tert-OH is 1. The van der Waals surface area contributed by atoms with Gasteiger partial charge in [0.1, 0.15) is 18.1 Å². The fourth-order valence-electron chi connectivity index (χ4n) is 2.27. The van der Waals surface area contributed by atoms with Crippen LogP contribution in [-0.4, -0.2) is 81.1 Å². The summed E-state index contributed by atoms with van der Waals surface area (Å²) in [5.74, 6) is -4.44. The number of hydrogen-bond acceptors (Lipinski definition) is 8. The molecule has 1 aromatic rings. The number of nitrogens with zero attached hydrogens (tertiary/aromatic N) is 1. The van der Waals surface area contributed by atoms with E-state index in [-0.39, 0.29) is 19.3 Å². The lowest BCUT2D eigenvalue weighted by Crippen LogP contribution is -2.54. The van der Waals surface area contributed by atoms with E-state index in [1.807, 2.05) is 0 Å². The Bertz CT molecular complexity index is 753. The van der Waals surface area contributed by atoms with Crippen LogP contribution in [0.1, 0.15) is 18.5 Å². The van der Waals surface area contributed by atoms with Gasteiger partial charge in [0.15, 0.2) is 0 Å². The zero-order valence-corrected chi connectivity index (χ0v) is 16.0. The summed E-state index contributed by atoms with van der Waals surface area (Å²) in [6.07, 6.45) is 2.23. The van der Waals surface area contributed by atoms with Crippen LogP contribution in [0.25, 0.3) is 0 Å². The number of H-pyrrole nitrogens is 1. The summed E-state index contributed by atoms with van der Waals surface area (Å²) in [5, 5.41) is 24.9. The standard InChI is InChI=1S/C16H25N7O7/c17-9(6-24)14(27)20-5-13(26)22-11(3-8-4-19-7-21-8)15(28)23-10(16(29)30)1-2-12(18)25/h4,7,9-11,24H,1-3,5-6,17H2,(H2,18,25)(H,19,21)(H,20,27)(H,22,26)(H,23,28)(H,29,30). The van der Waals surface area contributed by atoms with Crippen molar-refractivity contribution in [1.82, 2.24) is 25.9 Å². The van der Waals surface area contributed by atoms with Gasteiger partial charge in [-0.15, -0.1) is 0 Å². The van der Waals surface area contributed by atoms with Crippen LogP contribution >= 0.6 is 0 Å². The summed E-state index contributed by atoms with van der Waals surface area (Å²) < 4.78 is 0. The van der Waals surface area contributed by atoms with Crippen LogP contribution in [-0.2, 0) is 30.4 Å². The predicted molar refractivity (Wildman–Crippen MR) is 100 cm³/mol. The summed E-state index contributed by atoms with van der Waals surface area (Å²) in [5.41, 5.74) is 10.8. The molecular weight excluding hydrogens is 402 g/mol. The fourth-order valence-corrected chi connectivity index (χ4v) is 2.27. The number of hydrogen-bond donors (Lipinski definition) is 8. The van der Waals surface area contributed by atoms with E-state index in [2.05, 4.69) is 25.9 Å². The number of aromatic amines is 1. The predicted octanol–water partition coefficient (Wildman–Crippen LogP) is -4.29. The molecule has 0 radical (unpaired) electrons. The van der Waals surface area contributed by atoms with Crippen molar-refractivity contribution in [2.45, 2.75) is 37.4 Å². The van der Waals surface area contributed by atoms with Gasteiger partial charge in [-0.25, -0.2) is 9.78 Å². The van der Waals surface area contributed by atoms with Crippen molar-refractivity contribution in [2.24, 2.45) is 11.5 Å². The smallest absolute Gasteiger partial charge is 0.326 e. The van der Waals surface area contributed by atoms with Crippen LogP contribution in [0.5, 0.6) is 0 Å². The van der Waals surface area contributed by atoms with E-state index < -0.39 is 60.9 Å². The SMILES string of the molecule is NC(=O)CCC(NC(=O)C(Cc1cnc[nH]1)NC(=O)CNC(=O)C(N)CO)C(=O)O. The van der Waals surface area contributed by atoms with Crippen molar-refractivity contribution < 1.29 is 34.2 Å². The first-order chi connectivity index (χ1) is 14.1. The Labute approximate surface area is 170 Å². The first kappa shape index (κ1) is 24.5. The Hall–Kier alpha value is -3.52. The molecule has 0 fully saturated rings. The van der Waals surface area contributed by atoms with Gasteiger partial charge < -0.3 is 42.6 Å². The number of carbonyl (C=O) groups is 5. The number of aliphatic hydroxyl groups is 1. The van der Waals surface area contributed by atoms with Gasteiger partial charge in [0, 0.05) is 24.7 Å². The Kier molecular flexibility index (Phi) is 9.91. The molecule has 0 saturated heterocycles. The summed E-state index contributed by atoms with van der Waals surface area (Å²) in [7, 11) is 0. The van der Waals surface area contributed by atoms with E-state index in [1.54, 1.807) is 0 Å². The highest BCUT2D eigenvalue weighted by atomic mass is 16.4. The van der Waals surface area contributed by atoms with E-state index in [0.29, 0.717) is 5.69 Å². The molecule has 0 aliphatic heterocycles. The quantitative estimate of drug-likeness (QED) is 0.151. The summed E-state index contributed by atoms with van der Waals surface area (Å²) in [6.45, 7) is -1.14.